The SMILES string of the molecule is COc1ccc(CN)cc1COCCCCCO. The van der Waals surface area contributed by atoms with Crippen molar-refractivity contribution in [2.75, 3.05) is 20.3 Å². The summed E-state index contributed by atoms with van der Waals surface area (Å²) in [5.74, 6) is 0.836. The molecular weight excluding hydrogens is 230 g/mol. The molecule has 4 nitrogen and oxygen atoms in total. The summed E-state index contributed by atoms with van der Waals surface area (Å²) in [6, 6.07) is 5.91. The lowest BCUT2D eigenvalue weighted by Crippen LogP contribution is -2.02. The summed E-state index contributed by atoms with van der Waals surface area (Å²) in [6.45, 7) is 2.02. The van der Waals surface area contributed by atoms with Crippen LogP contribution in [-0.2, 0) is 17.9 Å². The van der Waals surface area contributed by atoms with E-state index in [4.69, 9.17) is 20.3 Å². The molecule has 0 aromatic heterocycles. The molecule has 0 saturated heterocycles. The first-order valence-corrected chi connectivity index (χ1v) is 6.36. The van der Waals surface area contributed by atoms with E-state index >= 15 is 0 Å². The normalized spacial score (nSPS) is 10.6. The van der Waals surface area contributed by atoms with Crippen LogP contribution < -0.4 is 10.5 Å². The predicted octanol–water partition coefficient (Wildman–Crippen LogP) is 1.83. The highest BCUT2D eigenvalue weighted by Gasteiger charge is 2.04. The molecule has 1 aromatic rings. The van der Waals surface area contributed by atoms with Crippen LogP contribution in [-0.4, -0.2) is 25.4 Å². The molecule has 3 N–H and O–H groups in total. The molecule has 0 heterocycles. The van der Waals surface area contributed by atoms with E-state index in [9.17, 15) is 0 Å². The Morgan fingerprint density at radius 2 is 2.06 bits per heavy atom. The minimum atomic E-state index is 0.256. The number of rotatable bonds is 9. The fourth-order valence-corrected chi connectivity index (χ4v) is 1.75. The van der Waals surface area contributed by atoms with E-state index in [0.29, 0.717) is 19.8 Å². The summed E-state index contributed by atoms with van der Waals surface area (Å²) >= 11 is 0. The first kappa shape index (κ1) is 15.0. The second-order valence-corrected chi connectivity index (χ2v) is 4.19. The fraction of sp³-hybridized carbons (Fsp3) is 0.571. The Bertz CT molecular complexity index is 342. The van der Waals surface area contributed by atoms with Gasteiger partial charge in [-0.15, -0.1) is 0 Å². The lowest BCUT2D eigenvalue weighted by Gasteiger charge is -2.10. The van der Waals surface area contributed by atoms with Crippen LogP contribution in [0.1, 0.15) is 30.4 Å². The fourth-order valence-electron chi connectivity index (χ4n) is 1.75. The van der Waals surface area contributed by atoms with Crippen LogP contribution >= 0.6 is 0 Å². The van der Waals surface area contributed by atoms with E-state index in [0.717, 1.165) is 36.1 Å². The van der Waals surface area contributed by atoms with Gasteiger partial charge in [-0.2, -0.15) is 0 Å². The van der Waals surface area contributed by atoms with Crippen molar-refractivity contribution in [2.45, 2.75) is 32.4 Å². The van der Waals surface area contributed by atoms with Gasteiger partial charge < -0.3 is 20.3 Å². The van der Waals surface area contributed by atoms with Crippen molar-refractivity contribution in [1.82, 2.24) is 0 Å². The van der Waals surface area contributed by atoms with Gasteiger partial charge in [0.05, 0.1) is 13.7 Å². The van der Waals surface area contributed by atoms with Crippen molar-refractivity contribution in [2.24, 2.45) is 5.73 Å². The third-order valence-corrected chi connectivity index (χ3v) is 2.78. The Morgan fingerprint density at radius 3 is 2.72 bits per heavy atom. The molecule has 0 atom stereocenters. The number of unbranched alkanes of at least 4 members (excludes halogenated alkanes) is 2. The Kier molecular flexibility index (Phi) is 7.41. The molecule has 1 aromatic carbocycles. The van der Waals surface area contributed by atoms with Crippen LogP contribution in [0.15, 0.2) is 18.2 Å². The second-order valence-electron chi connectivity index (χ2n) is 4.19. The van der Waals surface area contributed by atoms with Gasteiger partial charge in [0, 0.05) is 25.3 Å². The third kappa shape index (κ3) is 5.04. The number of hydrogen-bond acceptors (Lipinski definition) is 4. The molecule has 0 radical (unpaired) electrons. The Hall–Kier alpha value is -1.10. The third-order valence-electron chi connectivity index (χ3n) is 2.78. The van der Waals surface area contributed by atoms with Gasteiger partial charge in [-0.05, 0) is 37.0 Å². The summed E-state index contributed by atoms with van der Waals surface area (Å²) in [5.41, 5.74) is 7.72. The second kappa shape index (κ2) is 8.91. The zero-order valence-corrected chi connectivity index (χ0v) is 11.0. The van der Waals surface area contributed by atoms with Gasteiger partial charge in [-0.25, -0.2) is 0 Å². The largest absolute Gasteiger partial charge is 0.496 e. The molecule has 0 fully saturated rings. The maximum Gasteiger partial charge on any atom is 0.124 e. The molecule has 1 rings (SSSR count). The molecule has 0 amide bonds. The van der Waals surface area contributed by atoms with Crippen LogP contribution in [0.3, 0.4) is 0 Å². The summed E-state index contributed by atoms with van der Waals surface area (Å²) in [5, 5.41) is 8.66. The number of aliphatic hydroxyl groups excluding tert-OH is 1. The molecule has 4 heteroatoms. The van der Waals surface area contributed by atoms with Gasteiger partial charge in [0.15, 0.2) is 0 Å². The highest BCUT2D eigenvalue weighted by atomic mass is 16.5. The van der Waals surface area contributed by atoms with Gasteiger partial charge in [-0.1, -0.05) is 6.07 Å². The maximum absolute atomic E-state index is 8.66. The molecule has 0 spiro atoms. The zero-order chi connectivity index (χ0) is 13.2. The minimum Gasteiger partial charge on any atom is -0.496 e. The maximum atomic E-state index is 8.66. The van der Waals surface area contributed by atoms with Gasteiger partial charge >= 0.3 is 0 Å². The van der Waals surface area contributed by atoms with Crippen LogP contribution in [0.4, 0.5) is 0 Å². The number of benzene rings is 1. The Morgan fingerprint density at radius 1 is 1.22 bits per heavy atom. The molecular formula is C14H23NO3. The van der Waals surface area contributed by atoms with E-state index < -0.39 is 0 Å². The molecule has 102 valence electrons. The molecule has 18 heavy (non-hydrogen) atoms. The summed E-state index contributed by atoms with van der Waals surface area (Å²) in [6.07, 6.45) is 2.81. The van der Waals surface area contributed by atoms with E-state index in [2.05, 4.69) is 0 Å². The van der Waals surface area contributed by atoms with Crippen molar-refractivity contribution in [3.05, 3.63) is 29.3 Å². The average molecular weight is 253 g/mol. The number of methoxy groups -OCH3 is 1. The highest BCUT2D eigenvalue weighted by Crippen LogP contribution is 2.20. The molecule has 0 aliphatic rings. The molecule has 0 bridgehead atoms. The predicted molar refractivity (Wildman–Crippen MR) is 71.5 cm³/mol. The van der Waals surface area contributed by atoms with Crippen LogP contribution in [0.25, 0.3) is 0 Å². The van der Waals surface area contributed by atoms with Crippen molar-refractivity contribution in [1.29, 1.82) is 0 Å². The number of hydrogen-bond donors (Lipinski definition) is 2. The quantitative estimate of drug-likeness (QED) is 0.659. The highest BCUT2D eigenvalue weighted by molar-refractivity contribution is 5.36. The van der Waals surface area contributed by atoms with Crippen molar-refractivity contribution in [3.8, 4) is 5.75 Å². The lowest BCUT2D eigenvalue weighted by atomic mass is 10.1. The first-order valence-electron chi connectivity index (χ1n) is 6.36. The number of nitrogens with two attached hydrogens (primary N) is 1. The van der Waals surface area contributed by atoms with E-state index in [1.54, 1.807) is 7.11 Å². The topological polar surface area (TPSA) is 64.7 Å². The summed E-state index contributed by atoms with van der Waals surface area (Å²) < 4.78 is 10.9. The van der Waals surface area contributed by atoms with Crippen LogP contribution in [0.2, 0.25) is 0 Å². The average Bonchev–Trinajstić information content (AvgIpc) is 2.42. The monoisotopic (exact) mass is 253 g/mol. The van der Waals surface area contributed by atoms with Gasteiger partial charge in [0.25, 0.3) is 0 Å². The molecule has 0 saturated carbocycles. The van der Waals surface area contributed by atoms with Gasteiger partial charge in [-0.3, -0.25) is 0 Å². The Labute approximate surface area is 109 Å². The minimum absolute atomic E-state index is 0.256. The Balaban J connectivity index is 2.39. The van der Waals surface area contributed by atoms with Crippen LogP contribution in [0, 0.1) is 0 Å². The van der Waals surface area contributed by atoms with Crippen molar-refractivity contribution in [3.63, 3.8) is 0 Å². The molecule has 0 aliphatic heterocycles. The number of aliphatic hydroxyl groups is 1. The van der Waals surface area contributed by atoms with Crippen molar-refractivity contribution >= 4 is 0 Å². The summed E-state index contributed by atoms with van der Waals surface area (Å²) in [4.78, 5) is 0. The number of ether oxygens (including phenoxy) is 2. The smallest absolute Gasteiger partial charge is 0.124 e. The molecule has 0 unspecified atom stereocenters. The standard InChI is InChI=1S/C14H23NO3/c1-17-14-6-5-12(10-15)9-13(14)11-18-8-4-2-3-7-16/h5-6,9,16H,2-4,7-8,10-11,15H2,1H3. The van der Waals surface area contributed by atoms with Gasteiger partial charge in [0.2, 0.25) is 0 Å². The lowest BCUT2D eigenvalue weighted by molar-refractivity contribution is 0.113. The van der Waals surface area contributed by atoms with E-state index in [1.807, 2.05) is 18.2 Å². The van der Waals surface area contributed by atoms with Crippen LogP contribution in [0.5, 0.6) is 5.75 Å². The molecule has 0 aliphatic carbocycles. The first-order chi connectivity index (χ1) is 8.81. The summed E-state index contributed by atoms with van der Waals surface area (Å²) in [7, 11) is 1.65. The van der Waals surface area contributed by atoms with Crippen molar-refractivity contribution < 1.29 is 14.6 Å². The van der Waals surface area contributed by atoms with E-state index in [-0.39, 0.29) is 6.61 Å². The van der Waals surface area contributed by atoms with E-state index in [1.165, 1.54) is 0 Å². The van der Waals surface area contributed by atoms with Gasteiger partial charge in [0.1, 0.15) is 5.75 Å². The zero-order valence-electron chi connectivity index (χ0n) is 11.0.